The number of methoxy groups -OCH3 is 1. The molecule has 2 aromatic carbocycles. The Morgan fingerprint density at radius 2 is 1.58 bits per heavy atom. The number of esters is 1. The third-order valence-electron chi connectivity index (χ3n) is 4.29. The second-order valence-electron chi connectivity index (χ2n) is 5.66. The van der Waals surface area contributed by atoms with Crippen molar-refractivity contribution in [1.29, 1.82) is 0 Å². The Hall–Kier alpha value is -2.47. The van der Waals surface area contributed by atoms with Gasteiger partial charge >= 0.3 is 5.97 Å². The van der Waals surface area contributed by atoms with Crippen molar-refractivity contribution >= 4 is 5.97 Å². The Bertz CT molecular complexity index is 756. The van der Waals surface area contributed by atoms with Crippen LogP contribution in [-0.4, -0.2) is 18.3 Å². The maximum Gasteiger partial charge on any atom is 0.330 e. The Labute approximate surface area is 140 Å². The third kappa shape index (κ3) is 2.43. The van der Waals surface area contributed by atoms with E-state index in [1.807, 2.05) is 43.3 Å². The predicted molar refractivity (Wildman–Crippen MR) is 86.8 cm³/mol. The zero-order valence-electron chi connectivity index (χ0n) is 13.4. The van der Waals surface area contributed by atoms with Gasteiger partial charge in [-0.1, -0.05) is 60.7 Å². The van der Waals surface area contributed by atoms with Crippen molar-refractivity contribution in [2.45, 2.75) is 18.3 Å². The first-order valence-electron chi connectivity index (χ1n) is 7.51. The smallest absolute Gasteiger partial charge is 0.330 e. The summed E-state index contributed by atoms with van der Waals surface area (Å²) in [5, 5.41) is 9.61. The largest absolute Gasteiger partial charge is 0.466 e. The first kappa shape index (κ1) is 16.4. The Morgan fingerprint density at radius 3 is 2.08 bits per heavy atom. The van der Waals surface area contributed by atoms with Crippen LogP contribution in [0.2, 0.25) is 0 Å². The van der Waals surface area contributed by atoms with E-state index in [-0.39, 0.29) is 0 Å². The highest BCUT2D eigenvalue weighted by Gasteiger charge is 2.62. The van der Waals surface area contributed by atoms with Crippen molar-refractivity contribution in [3.8, 4) is 0 Å². The fraction of sp³-hybridized carbons (Fsp3) is 0.211. The van der Waals surface area contributed by atoms with Gasteiger partial charge < -0.3 is 9.47 Å². The molecule has 5 heteroatoms. The molecule has 1 aliphatic rings. The number of hydrogen-bond acceptors (Lipinski definition) is 5. The van der Waals surface area contributed by atoms with Crippen LogP contribution in [0.3, 0.4) is 0 Å². The molecule has 5 nitrogen and oxygen atoms in total. The molecule has 1 fully saturated rings. The third-order valence-corrected chi connectivity index (χ3v) is 4.29. The van der Waals surface area contributed by atoms with Gasteiger partial charge in [-0.2, -0.15) is 4.89 Å². The van der Waals surface area contributed by atoms with Crippen LogP contribution in [0, 0.1) is 0 Å². The molecule has 0 saturated carbocycles. The van der Waals surface area contributed by atoms with Crippen molar-refractivity contribution in [1.82, 2.24) is 0 Å². The SMILES string of the molecule is COC(=O)/C=C1\C(C)(c2ccccc2)OC1(OO)c1ccccc1. The van der Waals surface area contributed by atoms with E-state index in [0.717, 1.165) is 5.56 Å². The molecule has 2 atom stereocenters. The first-order valence-corrected chi connectivity index (χ1v) is 7.51. The van der Waals surface area contributed by atoms with Crippen LogP contribution in [0.5, 0.6) is 0 Å². The van der Waals surface area contributed by atoms with E-state index in [4.69, 9.17) is 14.4 Å². The fourth-order valence-corrected chi connectivity index (χ4v) is 3.04. The molecular formula is C19H18O5. The molecule has 3 rings (SSSR count). The number of hydrogen-bond donors (Lipinski definition) is 1. The van der Waals surface area contributed by atoms with E-state index in [1.165, 1.54) is 13.2 Å². The lowest BCUT2D eigenvalue weighted by Crippen LogP contribution is -2.58. The molecule has 0 aliphatic carbocycles. The summed E-state index contributed by atoms with van der Waals surface area (Å²) in [6.45, 7) is 1.82. The second kappa shape index (κ2) is 6.20. The van der Waals surface area contributed by atoms with Gasteiger partial charge in [-0.25, -0.2) is 10.1 Å². The second-order valence-corrected chi connectivity index (χ2v) is 5.66. The molecule has 1 heterocycles. The van der Waals surface area contributed by atoms with Crippen LogP contribution in [0.15, 0.2) is 72.3 Å². The van der Waals surface area contributed by atoms with Gasteiger partial charge in [-0.05, 0) is 12.5 Å². The molecule has 124 valence electrons. The molecule has 1 saturated heterocycles. The monoisotopic (exact) mass is 326 g/mol. The predicted octanol–water partition coefficient (Wildman–Crippen LogP) is 3.37. The Kier molecular flexibility index (Phi) is 4.24. The normalized spacial score (nSPS) is 27.5. The lowest BCUT2D eigenvalue weighted by Gasteiger charge is -2.54. The number of carbonyl (C=O) groups excluding carboxylic acids is 1. The molecular weight excluding hydrogens is 308 g/mol. The van der Waals surface area contributed by atoms with Gasteiger partial charge in [0.2, 0.25) is 0 Å². The summed E-state index contributed by atoms with van der Waals surface area (Å²) in [5.41, 5.74) is 0.954. The van der Waals surface area contributed by atoms with E-state index in [2.05, 4.69) is 0 Å². The van der Waals surface area contributed by atoms with Crippen LogP contribution < -0.4 is 0 Å². The van der Waals surface area contributed by atoms with Crippen LogP contribution >= 0.6 is 0 Å². The van der Waals surface area contributed by atoms with Gasteiger partial charge in [-0.3, -0.25) is 0 Å². The van der Waals surface area contributed by atoms with Crippen molar-refractivity contribution < 1.29 is 24.4 Å². The Morgan fingerprint density at radius 1 is 1.04 bits per heavy atom. The number of ether oxygens (including phenoxy) is 2. The van der Waals surface area contributed by atoms with E-state index < -0.39 is 17.4 Å². The fourth-order valence-electron chi connectivity index (χ4n) is 3.04. The summed E-state index contributed by atoms with van der Waals surface area (Å²) < 4.78 is 10.8. The lowest BCUT2D eigenvalue weighted by molar-refractivity contribution is -0.459. The summed E-state index contributed by atoms with van der Waals surface area (Å²) >= 11 is 0. The summed E-state index contributed by atoms with van der Waals surface area (Å²) in [6.07, 6.45) is 1.31. The molecule has 0 radical (unpaired) electrons. The number of benzene rings is 2. The van der Waals surface area contributed by atoms with Crippen molar-refractivity contribution in [2.24, 2.45) is 0 Å². The van der Waals surface area contributed by atoms with Gasteiger partial charge in [0, 0.05) is 17.2 Å². The molecule has 0 bridgehead atoms. The van der Waals surface area contributed by atoms with Crippen LogP contribution in [0.25, 0.3) is 0 Å². The molecule has 0 aromatic heterocycles. The summed E-state index contributed by atoms with van der Waals surface area (Å²) in [5.74, 6) is -2.09. The minimum absolute atomic E-state index is 0.460. The zero-order chi connectivity index (χ0) is 17.2. The molecule has 0 spiro atoms. The summed E-state index contributed by atoms with van der Waals surface area (Å²) in [4.78, 5) is 16.6. The highest BCUT2D eigenvalue weighted by Crippen LogP contribution is 2.58. The van der Waals surface area contributed by atoms with Gasteiger partial charge in [0.15, 0.2) is 0 Å². The zero-order valence-corrected chi connectivity index (χ0v) is 13.4. The maximum atomic E-state index is 11.9. The quantitative estimate of drug-likeness (QED) is 0.404. The topological polar surface area (TPSA) is 65.0 Å². The molecule has 24 heavy (non-hydrogen) atoms. The summed E-state index contributed by atoms with van der Waals surface area (Å²) in [6, 6.07) is 18.4. The van der Waals surface area contributed by atoms with Gasteiger partial charge in [-0.15, -0.1) is 0 Å². The molecule has 0 amide bonds. The molecule has 1 aliphatic heterocycles. The highest BCUT2D eigenvalue weighted by atomic mass is 17.2. The lowest BCUT2D eigenvalue weighted by atomic mass is 9.74. The van der Waals surface area contributed by atoms with Crippen molar-refractivity contribution in [3.63, 3.8) is 0 Å². The van der Waals surface area contributed by atoms with E-state index >= 15 is 0 Å². The van der Waals surface area contributed by atoms with Gasteiger partial charge in [0.25, 0.3) is 5.79 Å². The minimum Gasteiger partial charge on any atom is -0.466 e. The van der Waals surface area contributed by atoms with Crippen molar-refractivity contribution in [3.05, 3.63) is 83.4 Å². The van der Waals surface area contributed by atoms with Crippen molar-refractivity contribution in [2.75, 3.05) is 7.11 Å². The summed E-state index contributed by atoms with van der Waals surface area (Å²) in [7, 11) is 1.29. The number of rotatable bonds is 4. The first-order chi connectivity index (χ1) is 11.6. The van der Waals surface area contributed by atoms with E-state index in [0.29, 0.717) is 11.1 Å². The Balaban J connectivity index is 2.13. The van der Waals surface area contributed by atoms with Crippen LogP contribution in [-0.2, 0) is 30.5 Å². The minimum atomic E-state index is -1.54. The van der Waals surface area contributed by atoms with E-state index in [9.17, 15) is 10.1 Å². The average Bonchev–Trinajstić information content (AvgIpc) is 2.65. The van der Waals surface area contributed by atoms with Crippen LogP contribution in [0.4, 0.5) is 0 Å². The standard InChI is InChI=1S/C19H18O5/c1-18(14-9-5-3-6-10-14)16(13-17(20)22-2)19(23-18,24-21)15-11-7-4-8-12-15/h3-13,21H,1-2H3/b16-13+. The molecule has 1 N–H and O–H groups in total. The van der Waals surface area contributed by atoms with Crippen LogP contribution in [0.1, 0.15) is 18.1 Å². The average molecular weight is 326 g/mol. The molecule has 2 unspecified atom stereocenters. The number of carbonyl (C=O) groups is 1. The van der Waals surface area contributed by atoms with Gasteiger partial charge in [0.1, 0.15) is 5.60 Å². The maximum absolute atomic E-state index is 11.9. The molecule has 2 aromatic rings. The highest BCUT2D eigenvalue weighted by molar-refractivity contribution is 5.84. The van der Waals surface area contributed by atoms with E-state index in [1.54, 1.807) is 24.3 Å². The van der Waals surface area contributed by atoms with Gasteiger partial charge in [0.05, 0.1) is 7.11 Å².